The fraction of sp³-hybridized carbons (Fsp3) is 0.409. The quantitative estimate of drug-likeness (QED) is 0.684. The molecule has 0 unspecified atom stereocenters. The molecule has 0 spiro atoms. The molecule has 1 aliphatic rings. The lowest BCUT2D eigenvalue weighted by atomic mass is 9.89. The highest BCUT2D eigenvalue weighted by atomic mass is 32.1. The van der Waals surface area contributed by atoms with Gasteiger partial charge in [0.2, 0.25) is 0 Å². The van der Waals surface area contributed by atoms with Gasteiger partial charge < -0.3 is 15.4 Å². The third-order valence-electron chi connectivity index (χ3n) is 5.24. The maximum absolute atomic E-state index is 5.61. The van der Waals surface area contributed by atoms with Crippen LogP contribution >= 0.6 is 12.2 Å². The number of thiocarbonyl (C=S) groups is 1. The van der Waals surface area contributed by atoms with E-state index in [0.29, 0.717) is 5.11 Å². The van der Waals surface area contributed by atoms with Gasteiger partial charge in [-0.15, -0.1) is 0 Å². The monoisotopic (exact) mass is 368 g/mol. The van der Waals surface area contributed by atoms with Crippen molar-refractivity contribution < 1.29 is 4.74 Å². The van der Waals surface area contributed by atoms with Crippen molar-refractivity contribution in [1.29, 1.82) is 0 Å². The van der Waals surface area contributed by atoms with Crippen molar-refractivity contribution in [2.24, 2.45) is 0 Å². The Balaban J connectivity index is 1.62. The van der Waals surface area contributed by atoms with E-state index in [1.165, 1.54) is 36.8 Å². The Kier molecular flexibility index (Phi) is 6.15. The van der Waals surface area contributed by atoms with E-state index >= 15 is 0 Å². The topological polar surface area (TPSA) is 33.3 Å². The number of anilines is 1. The summed E-state index contributed by atoms with van der Waals surface area (Å²) in [6, 6.07) is 16.7. The SMILES string of the molecule is COc1cccc(NC(=S)NC2(CCc3cccc(C)c3)CCCC2)c1. The number of nitrogens with one attached hydrogen (secondary N) is 2. The lowest BCUT2D eigenvalue weighted by Crippen LogP contribution is -2.48. The normalized spacial score (nSPS) is 15.5. The van der Waals surface area contributed by atoms with E-state index in [2.05, 4.69) is 41.8 Å². The number of hydrogen-bond acceptors (Lipinski definition) is 2. The Morgan fingerprint density at radius 1 is 1.12 bits per heavy atom. The van der Waals surface area contributed by atoms with Crippen molar-refractivity contribution in [2.75, 3.05) is 12.4 Å². The van der Waals surface area contributed by atoms with Gasteiger partial charge in [0, 0.05) is 17.3 Å². The first-order chi connectivity index (χ1) is 12.6. The summed E-state index contributed by atoms with van der Waals surface area (Å²) in [5.41, 5.74) is 3.79. The van der Waals surface area contributed by atoms with Gasteiger partial charge in [0.1, 0.15) is 5.75 Å². The van der Waals surface area contributed by atoms with Gasteiger partial charge in [-0.1, -0.05) is 48.7 Å². The van der Waals surface area contributed by atoms with E-state index < -0.39 is 0 Å². The number of rotatable bonds is 6. The summed E-state index contributed by atoms with van der Waals surface area (Å²) in [4.78, 5) is 0. The fourth-order valence-electron chi connectivity index (χ4n) is 3.84. The average molecular weight is 369 g/mol. The van der Waals surface area contributed by atoms with Gasteiger partial charge in [0.25, 0.3) is 0 Å². The highest BCUT2D eigenvalue weighted by Crippen LogP contribution is 2.34. The smallest absolute Gasteiger partial charge is 0.171 e. The Hall–Kier alpha value is -2.07. The van der Waals surface area contributed by atoms with Crippen LogP contribution in [0.25, 0.3) is 0 Å². The maximum atomic E-state index is 5.61. The Morgan fingerprint density at radius 3 is 2.62 bits per heavy atom. The Labute approximate surface area is 162 Å². The lowest BCUT2D eigenvalue weighted by molar-refractivity contribution is 0.362. The van der Waals surface area contributed by atoms with Gasteiger partial charge in [-0.2, -0.15) is 0 Å². The minimum atomic E-state index is 0.104. The van der Waals surface area contributed by atoms with E-state index in [1.807, 2.05) is 24.3 Å². The van der Waals surface area contributed by atoms with Crippen LogP contribution in [0, 0.1) is 6.92 Å². The second kappa shape index (κ2) is 8.54. The zero-order valence-electron chi connectivity index (χ0n) is 15.7. The first-order valence-corrected chi connectivity index (χ1v) is 9.78. The summed E-state index contributed by atoms with van der Waals surface area (Å²) >= 11 is 5.61. The van der Waals surface area contributed by atoms with E-state index in [-0.39, 0.29) is 5.54 Å². The van der Waals surface area contributed by atoms with Crippen LogP contribution < -0.4 is 15.4 Å². The summed E-state index contributed by atoms with van der Waals surface area (Å²) in [5.74, 6) is 0.827. The predicted molar refractivity (Wildman–Crippen MR) is 113 cm³/mol. The molecule has 0 saturated heterocycles. The number of aryl methyl sites for hydroxylation is 2. The van der Waals surface area contributed by atoms with Gasteiger partial charge in [0.15, 0.2) is 5.11 Å². The van der Waals surface area contributed by atoms with E-state index in [4.69, 9.17) is 17.0 Å². The third kappa shape index (κ3) is 4.98. The third-order valence-corrected chi connectivity index (χ3v) is 5.45. The van der Waals surface area contributed by atoms with Crippen LogP contribution in [0.3, 0.4) is 0 Å². The molecular weight excluding hydrogens is 340 g/mol. The molecular formula is C22H28N2OS. The largest absolute Gasteiger partial charge is 0.497 e. The highest BCUT2D eigenvalue weighted by molar-refractivity contribution is 7.80. The van der Waals surface area contributed by atoms with Crippen LogP contribution in [0.5, 0.6) is 5.75 Å². The summed E-state index contributed by atoms with van der Waals surface area (Å²) < 4.78 is 5.28. The summed E-state index contributed by atoms with van der Waals surface area (Å²) in [7, 11) is 1.68. The van der Waals surface area contributed by atoms with Crippen LogP contribution in [-0.4, -0.2) is 17.8 Å². The molecule has 0 aromatic heterocycles. The molecule has 0 heterocycles. The van der Waals surface area contributed by atoms with E-state index in [9.17, 15) is 0 Å². The van der Waals surface area contributed by atoms with Gasteiger partial charge in [-0.05, 0) is 62.5 Å². The Morgan fingerprint density at radius 2 is 1.88 bits per heavy atom. The summed E-state index contributed by atoms with van der Waals surface area (Å²) in [6.07, 6.45) is 7.08. The van der Waals surface area contributed by atoms with Crippen molar-refractivity contribution in [1.82, 2.24) is 5.32 Å². The number of methoxy groups -OCH3 is 1. The van der Waals surface area contributed by atoms with Crippen LogP contribution in [0.4, 0.5) is 5.69 Å². The molecule has 0 atom stereocenters. The molecule has 1 aliphatic carbocycles. The predicted octanol–water partition coefficient (Wildman–Crippen LogP) is 5.24. The molecule has 2 aromatic rings. The molecule has 0 amide bonds. The van der Waals surface area contributed by atoms with Gasteiger partial charge in [-0.25, -0.2) is 0 Å². The molecule has 0 aliphatic heterocycles. The summed E-state index contributed by atoms with van der Waals surface area (Å²) in [6.45, 7) is 2.15. The van der Waals surface area contributed by atoms with Crippen LogP contribution in [0.15, 0.2) is 48.5 Å². The zero-order valence-corrected chi connectivity index (χ0v) is 16.5. The molecule has 3 rings (SSSR count). The zero-order chi connectivity index (χ0) is 18.4. The average Bonchev–Trinajstić information content (AvgIpc) is 3.09. The minimum absolute atomic E-state index is 0.104. The molecule has 3 nitrogen and oxygen atoms in total. The molecule has 0 radical (unpaired) electrons. The van der Waals surface area contributed by atoms with E-state index in [1.54, 1.807) is 7.11 Å². The standard InChI is InChI=1S/C22H28N2OS/c1-17-7-5-8-18(15-17)11-14-22(12-3-4-13-22)24-21(26)23-19-9-6-10-20(16-19)25-2/h5-10,15-16H,3-4,11-14H2,1-2H3,(H2,23,24,26). The molecule has 0 bridgehead atoms. The van der Waals surface area contributed by atoms with Gasteiger partial charge in [-0.3, -0.25) is 0 Å². The van der Waals surface area contributed by atoms with Crippen LogP contribution in [0.1, 0.15) is 43.2 Å². The minimum Gasteiger partial charge on any atom is -0.497 e. The number of benzene rings is 2. The molecule has 1 fully saturated rings. The van der Waals surface area contributed by atoms with Crippen molar-refractivity contribution >= 4 is 23.0 Å². The van der Waals surface area contributed by atoms with Crippen molar-refractivity contribution in [2.45, 2.75) is 51.0 Å². The summed E-state index contributed by atoms with van der Waals surface area (Å²) in [5, 5.41) is 7.66. The first-order valence-electron chi connectivity index (χ1n) is 9.37. The molecule has 4 heteroatoms. The van der Waals surface area contributed by atoms with Crippen LogP contribution in [0.2, 0.25) is 0 Å². The first kappa shape index (κ1) is 18.7. The molecule has 26 heavy (non-hydrogen) atoms. The van der Waals surface area contributed by atoms with Crippen molar-refractivity contribution in [3.05, 3.63) is 59.7 Å². The Bertz CT molecular complexity index is 753. The second-order valence-electron chi connectivity index (χ2n) is 7.29. The molecule has 1 saturated carbocycles. The highest BCUT2D eigenvalue weighted by Gasteiger charge is 2.34. The molecule has 138 valence electrons. The number of ether oxygens (including phenoxy) is 1. The molecule has 2 aromatic carbocycles. The van der Waals surface area contributed by atoms with Crippen molar-refractivity contribution in [3.63, 3.8) is 0 Å². The van der Waals surface area contributed by atoms with Gasteiger partial charge >= 0.3 is 0 Å². The fourth-order valence-corrected chi connectivity index (χ4v) is 4.18. The second-order valence-corrected chi connectivity index (χ2v) is 7.70. The van der Waals surface area contributed by atoms with Crippen LogP contribution in [-0.2, 0) is 6.42 Å². The maximum Gasteiger partial charge on any atom is 0.171 e. The lowest BCUT2D eigenvalue weighted by Gasteiger charge is -2.32. The molecule has 2 N–H and O–H groups in total. The number of hydrogen-bond donors (Lipinski definition) is 2. The van der Waals surface area contributed by atoms with Crippen molar-refractivity contribution in [3.8, 4) is 5.75 Å². The van der Waals surface area contributed by atoms with Gasteiger partial charge in [0.05, 0.1) is 7.11 Å². The van der Waals surface area contributed by atoms with E-state index in [0.717, 1.165) is 24.3 Å².